The first kappa shape index (κ1) is 9.51. The summed E-state index contributed by atoms with van der Waals surface area (Å²) in [6.07, 6.45) is 4.50. The lowest BCUT2D eigenvalue weighted by atomic mass is 10.3. The molecule has 2 aromatic rings. The van der Waals surface area contributed by atoms with Crippen LogP contribution in [0.4, 0.5) is 4.39 Å². The number of halogens is 1. The Morgan fingerprint density at radius 1 is 1.20 bits per heavy atom. The molecule has 2 rings (SSSR count). The second-order valence-electron chi connectivity index (χ2n) is 2.78. The lowest BCUT2D eigenvalue weighted by Gasteiger charge is -2.02. The molecule has 4 nitrogen and oxygen atoms in total. The van der Waals surface area contributed by atoms with Gasteiger partial charge in [0.05, 0.1) is 13.3 Å². The Kier molecular flexibility index (Phi) is 2.53. The van der Waals surface area contributed by atoms with Gasteiger partial charge >= 0.3 is 0 Å². The highest BCUT2D eigenvalue weighted by atomic mass is 19.1. The molecular weight excluding hydrogens is 197 g/mol. The summed E-state index contributed by atoms with van der Waals surface area (Å²) < 4.78 is 18.3. The monoisotopic (exact) mass is 205 g/mol. The molecule has 2 aromatic heterocycles. The second-order valence-corrected chi connectivity index (χ2v) is 2.78. The van der Waals surface area contributed by atoms with E-state index in [2.05, 4.69) is 15.0 Å². The first-order valence-electron chi connectivity index (χ1n) is 4.28. The van der Waals surface area contributed by atoms with Gasteiger partial charge < -0.3 is 4.74 Å². The van der Waals surface area contributed by atoms with Crippen LogP contribution in [0.3, 0.4) is 0 Å². The van der Waals surface area contributed by atoms with Crippen molar-refractivity contribution in [2.75, 3.05) is 7.11 Å². The molecule has 0 saturated carbocycles. The second kappa shape index (κ2) is 4.00. The van der Waals surface area contributed by atoms with Gasteiger partial charge in [-0.25, -0.2) is 19.3 Å². The van der Waals surface area contributed by atoms with Crippen molar-refractivity contribution in [3.05, 3.63) is 36.5 Å². The molecule has 5 heteroatoms. The number of rotatable bonds is 2. The summed E-state index contributed by atoms with van der Waals surface area (Å²) in [6, 6.07) is 2.91. The summed E-state index contributed by atoms with van der Waals surface area (Å²) in [6.45, 7) is 0. The van der Waals surface area contributed by atoms with Crippen molar-refractivity contribution < 1.29 is 9.13 Å². The quantitative estimate of drug-likeness (QED) is 0.748. The van der Waals surface area contributed by atoms with Gasteiger partial charge in [0.15, 0.2) is 11.6 Å². The number of aromatic nitrogens is 3. The average molecular weight is 205 g/mol. The molecule has 15 heavy (non-hydrogen) atoms. The van der Waals surface area contributed by atoms with Gasteiger partial charge in [0.2, 0.25) is 0 Å². The SMILES string of the molecule is COc1cnc(-c2ncccn2)c(F)c1. The molecule has 76 valence electrons. The summed E-state index contributed by atoms with van der Waals surface area (Å²) in [5.41, 5.74) is 0.122. The molecule has 0 atom stereocenters. The Balaban J connectivity index is 2.46. The number of hydrogen-bond acceptors (Lipinski definition) is 4. The highest BCUT2D eigenvalue weighted by molar-refractivity contribution is 5.50. The largest absolute Gasteiger partial charge is 0.495 e. The molecular formula is C10H8FN3O. The van der Waals surface area contributed by atoms with Crippen LogP contribution < -0.4 is 4.74 Å². The fourth-order valence-corrected chi connectivity index (χ4v) is 1.12. The van der Waals surface area contributed by atoms with E-state index in [0.717, 1.165) is 0 Å². The van der Waals surface area contributed by atoms with E-state index < -0.39 is 5.82 Å². The van der Waals surface area contributed by atoms with E-state index in [1.165, 1.54) is 31.8 Å². The molecule has 0 spiro atoms. The minimum Gasteiger partial charge on any atom is -0.495 e. The third-order valence-electron chi connectivity index (χ3n) is 1.83. The predicted molar refractivity (Wildman–Crippen MR) is 51.8 cm³/mol. The van der Waals surface area contributed by atoms with Gasteiger partial charge in [-0.3, -0.25) is 0 Å². The van der Waals surface area contributed by atoms with Gasteiger partial charge in [-0.05, 0) is 6.07 Å². The molecule has 0 saturated heterocycles. The van der Waals surface area contributed by atoms with Gasteiger partial charge in [-0.15, -0.1) is 0 Å². The van der Waals surface area contributed by atoms with Gasteiger partial charge in [-0.1, -0.05) is 0 Å². The molecule has 0 aliphatic carbocycles. The van der Waals surface area contributed by atoms with Crippen LogP contribution in [-0.4, -0.2) is 22.1 Å². The van der Waals surface area contributed by atoms with Crippen LogP contribution in [0.15, 0.2) is 30.7 Å². The van der Waals surface area contributed by atoms with Crippen LogP contribution in [0.25, 0.3) is 11.5 Å². The maximum absolute atomic E-state index is 13.5. The van der Waals surface area contributed by atoms with Gasteiger partial charge in [-0.2, -0.15) is 0 Å². The molecule has 0 aliphatic heterocycles. The lowest BCUT2D eigenvalue weighted by molar-refractivity contribution is 0.409. The highest BCUT2D eigenvalue weighted by Crippen LogP contribution is 2.19. The fourth-order valence-electron chi connectivity index (χ4n) is 1.12. The van der Waals surface area contributed by atoms with E-state index in [1.807, 2.05) is 0 Å². The summed E-state index contributed by atoms with van der Waals surface area (Å²) in [4.78, 5) is 11.7. The Morgan fingerprint density at radius 2 is 1.93 bits per heavy atom. The van der Waals surface area contributed by atoms with E-state index in [9.17, 15) is 4.39 Å². The van der Waals surface area contributed by atoms with Crippen molar-refractivity contribution in [2.24, 2.45) is 0 Å². The Morgan fingerprint density at radius 3 is 2.53 bits per heavy atom. The van der Waals surface area contributed by atoms with E-state index in [0.29, 0.717) is 5.75 Å². The Bertz CT molecular complexity index is 461. The molecule has 0 unspecified atom stereocenters. The van der Waals surface area contributed by atoms with Crippen LogP contribution in [0.5, 0.6) is 5.75 Å². The number of methoxy groups -OCH3 is 1. The topological polar surface area (TPSA) is 47.9 Å². The normalized spacial score (nSPS) is 10.0. The summed E-state index contributed by atoms with van der Waals surface area (Å²) in [5, 5.41) is 0. The van der Waals surface area contributed by atoms with Crippen LogP contribution in [-0.2, 0) is 0 Å². The van der Waals surface area contributed by atoms with Crippen molar-refractivity contribution in [1.82, 2.24) is 15.0 Å². The zero-order valence-electron chi connectivity index (χ0n) is 8.01. The number of hydrogen-bond donors (Lipinski definition) is 0. The van der Waals surface area contributed by atoms with Gasteiger partial charge in [0.1, 0.15) is 11.4 Å². The molecule has 0 radical (unpaired) electrons. The van der Waals surface area contributed by atoms with E-state index in [4.69, 9.17) is 4.74 Å². The average Bonchev–Trinajstić information content (AvgIpc) is 2.30. The number of nitrogens with zero attached hydrogens (tertiary/aromatic N) is 3. The zero-order valence-corrected chi connectivity index (χ0v) is 8.01. The molecule has 2 heterocycles. The van der Waals surface area contributed by atoms with Crippen LogP contribution in [0, 0.1) is 5.82 Å². The van der Waals surface area contributed by atoms with E-state index in [-0.39, 0.29) is 11.5 Å². The maximum atomic E-state index is 13.5. The smallest absolute Gasteiger partial charge is 0.181 e. The van der Waals surface area contributed by atoms with Gasteiger partial charge in [0.25, 0.3) is 0 Å². The minimum absolute atomic E-state index is 0.122. The van der Waals surface area contributed by atoms with Crippen molar-refractivity contribution in [3.8, 4) is 17.3 Å². The number of ether oxygens (including phenoxy) is 1. The molecule has 0 amide bonds. The lowest BCUT2D eigenvalue weighted by Crippen LogP contribution is -1.95. The number of pyridine rings is 1. The van der Waals surface area contributed by atoms with Crippen LogP contribution in [0.2, 0.25) is 0 Å². The summed E-state index contributed by atoms with van der Waals surface area (Å²) in [5.74, 6) is 0.130. The van der Waals surface area contributed by atoms with Gasteiger partial charge in [0, 0.05) is 18.5 Å². The highest BCUT2D eigenvalue weighted by Gasteiger charge is 2.09. The predicted octanol–water partition coefficient (Wildman–Crippen LogP) is 1.69. The minimum atomic E-state index is -0.499. The molecule has 0 fully saturated rings. The standard InChI is InChI=1S/C10H8FN3O/c1-15-7-5-8(11)9(14-6-7)10-12-3-2-4-13-10/h2-6H,1H3. The molecule has 0 aliphatic rings. The fraction of sp³-hybridized carbons (Fsp3) is 0.100. The van der Waals surface area contributed by atoms with Crippen molar-refractivity contribution in [1.29, 1.82) is 0 Å². The van der Waals surface area contributed by atoms with Crippen LogP contribution >= 0.6 is 0 Å². The van der Waals surface area contributed by atoms with Crippen molar-refractivity contribution in [3.63, 3.8) is 0 Å². The maximum Gasteiger partial charge on any atom is 0.181 e. The first-order valence-corrected chi connectivity index (χ1v) is 4.28. The third-order valence-corrected chi connectivity index (χ3v) is 1.83. The first-order chi connectivity index (χ1) is 7.31. The third kappa shape index (κ3) is 1.90. The van der Waals surface area contributed by atoms with E-state index in [1.54, 1.807) is 6.07 Å². The Labute approximate surface area is 85.8 Å². The van der Waals surface area contributed by atoms with E-state index >= 15 is 0 Å². The molecule has 0 aromatic carbocycles. The van der Waals surface area contributed by atoms with Crippen molar-refractivity contribution >= 4 is 0 Å². The summed E-state index contributed by atoms with van der Waals surface area (Å²) in [7, 11) is 1.45. The molecule has 0 bridgehead atoms. The van der Waals surface area contributed by atoms with Crippen LogP contribution in [0.1, 0.15) is 0 Å². The zero-order chi connectivity index (χ0) is 10.7. The molecule has 0 N–H and O–H groups in total. The Hall–Kier alpha value is -2.04. The van der Waals surface area contributed by atoms with Crippen molar-refractivity contribution in [2.45, 2.75) is 0 Å². The summed E-state index contributed by atoms with van der Waals surface area (Å²) >= 11 is 0.